The summed E-state index contributed by atoms with van der Waals surface area (Å²) in [5, 5.41) is 20.6. The summed E-state index contributed by atoms with van der Waals surface area (Å²) in [5.74, 6) is -5.82. The van der Waals surface area contributed by atoms with Crippen LogP contribution >= 0.6 is 0 Å². The van der Waals surface area contributed by atoms with Crippen molar-refractivity contribution in [2.75, 3.05) is 6.61 Å². The van der Waals surface area contributed by atoms with Gasteiger partial charge in [-0.2, -0.15) is 13.9 Å². The van der Waals surface area contributed by atoms with Crippen molar-refractivity contribution in [3.05, 3.63) is 119 Å². The van der Waals surface area contributed by atoms with E-state index in [2.05, 4.69) is 15.2 Å². The third kappa shape index (κ3) is 10.1. The molecule has 5 rings (SSSR count). The van der Waals surface area contributed by atoms with E-state index in [1.165, 1.54) is 59.3 Å². The van der Waals surface area contributed by atoms with E-state index < -0.39 is 42.2 Å². The fourth-order valence-electron chi connectivity index (χ4n) is 5.35. The van der Waals surface area contributed by atoms with Crippen molar-refractivity contribution in [1.82, 2.24) is 24.5 Å². The van der Waals surface area contributed by atoms with Gasteiger partial charge in [-0.15, -0.1) is 4.68 Å². The minimum atomic E-state index is -4.28. The number of carbonyl (C=O) groups is 1. The molecular formula is C35H33BrF6N6O4. The van der Waals surface area contributed by atoms with Crippen LogP contribution in [0.5, 0.6) is 11.5 Å². The first-order valence-corrected chi connectivity index (χ1v) is 15.4. The number of halogens is 7. The Morgan fingerprint density at radius 3 is 2.31 bits per heavy atom. The van der Waals surface area contributed by atoms with E-state index >= 15 is 4.39 Å². The number of ether oxygens (including phenoxy) is 2. The van der Waals surface area contributed by atoms with Crippen LogP contribution in [0.25, 0.3) is 12.2 Å². The molecule has 0 aliphatic carbocycles. The van der Waals surface area contributed by atoms with E-state index in [0.717, 1.165) is 28.8 Å². The average molecular weight is 796 g/mol. The van der Waals surface area contributed by atoms with E-state index in [9.17, 15) is 31.9 Å². The second-order valence-corrected chi connectivity index (χ2v) is 12.0. The average Bonchev–Trinajstić information content (AvgIpc) is 3.69. The van der Waals surface area contributed by atoms with Crippen molar-refractivity contribution < 1.29 is 67.3 Å². The van der Waals surface area contributed by atoms with Crippen molar-refractivity contribution in [2.24, 2.45) is 0 Å². The van der Waals surface area contributed by atoms with Crippen LogP contribution in [0.3, 0.4) is 0 Å². The molecule has 3 aromatic carbocycles. The molecule has 0 saturated carbocycles. The number of alkyl halides is 4. The molecule has 276 valence electrons. The lowest BCUT2D eigenvalue weighted by atomic mass is 9.93. The van der Waals surface area contributed by atoms with E-state index in [-0.39, 0.29) is 47.2 Å². The number of aliphatic hydroxyl groups is 1. The third-order valence-corrected chi connectivity index (χ3v) is 7.65. The molecule has 0 saturated heterocycles. The summed E-state index contributed by atoms with van der Waals surface area (Å²) in [6, 6.07) is 12.3. The smallest absolute Gasteiger partial charge is 0.340 e. The molecule has 0 amide bonds. The van der Waals surface area contributed by atoms with E-state index in [0.29, 0.717) is 23.9 Å². The first kappa shape index (κ1) is 39.8. The summed E-state index contributed by atoms with van der Waals surface area (Å²) < 4.78 is 94.5. The molecule has 1 atom stereocenters. The highest BCUT2D eigenvalue weighted by molar-refractivity contribution is 5.70. The van der Waals surface area contributed by atoms with E-state index in [1.54, 1.807) is 17.0 Å². The minimum Gasteiger partial charge on any atom is -1.00 e. The predicted molar refractivity (Wildman–Crippen MR) is 171 cm³/mol. The van der Waals surface area contributed by atoms with Gasteiger partial charge >= 0.3 is 18.3 Å². The van der Waals surface area contributed by atoms with E-state index in [4.69, 9.17) is 9.47 Å². The van der Waals surface area contributed by atoms with E-state index in [1.807, 2.05) is 26.0 Å². The SMILES string of the molecule is CC(=O)Oc1c(C)cc(C[n+]2cnn(C[C@](O)(Cn3cnc(C=Cc4ccc(OCC(F)(F)C(F)F)cc4)n3)c3ccc(F)cc3F)c2)cc1C.[Br-]. The summed E-state index contributed by atoms with van der Waals surface area (Å²) in [4.78, 5) is 15.7. The highest BCUT2D eigenvalue weighted by atomic mass is 79.9. The summed E-state index contributed by atoms with van der Waals surface area (Å²) in [5.41, 5.74) is 0.859. The first-order valence-electron chi connectivity index (χ1n) is 15.4. The first-order chi connectivity index (χ1) is 24.1. The van der Waals surface area contributed by atoms with Crippen LogP contribution in [0.15, 0.2) is 73.6 Å². The Balaban J connectivity index is 0.00000605. The van der Waals surface area contributed by atoms with Gasteiger partial charge in [-0.3, -0.25) is 4.79 Å². The molecule has 0 spiro atoms. The highest BCUT2D eigenvalue weighted by Gasteiger charge is 2.41. The summed E-state index contributed by atoms with van der Waals surface area (Å²) in [7, 11) is 0. The molecule has 0 aliphatic rings. The predicted octanol–water partition coefficient (Wildman–Crippen LogP) is 2.67. The highest BCUT2D eigenvalue weighted by Crippen LogP contribution is 2.29. The molecule has 0 aliphatic heterocycles. The molecule has 1 N–H and O–H groups in total. The monoisotopic (exact) mass is 794 g/mol. The normalized spacial score (nSPS) is 12.9. The van der Waals surface area contributed by atoms with Crippen LogP contribution < -0.4 is 31.0 Å². The van der Waals surface area contributed by atoms with Crippen LogP contribution in [-0.2, 0) is 30.0 Å². The largest absolute Gasteiger partial charge is 1.00 e. The number of hydrogen-bond donors (Lipinski definition) is 1. The Kier molecular flexibility index (Phi) is 12.6. The summed E-state index contributed by atoms with van der Waals surface area (Å²) in [6.45, 7) is 3.35. The molecular weight excluding hydrogens is 762 g/mol. The zero-order valence-corrected chi connectivity index (χ0v) is 29.6. The number of carbonyl (C=O) groups excluding carboxylic acids is 1. The second-order valence-electron chi connectivity index (χ2n) is 12.0. The fraction of sp³-hybridized carbons (Fsp3) is 0.286. The Bertz CT molecular complexity index is 2020. The van der Waals surface area contributed by atoms with Gasteiger partial charge in [0.1, 0.15) is 41.6 Å². The van der Waals surface area contributed by atoms with Crippen molar-refractivity contribution >= 4 is 18.1 Å². The molecule has 2 heterocycles. The number of benzene rings is 3. The number of nitrogens with zero attached hydrogens (tertiary/aromatic N) is 6. The summed E-state index contributed by atoms with van der Waals surface area (Å²) in [6.07, 6.45) is 3.74. The molecule has 52 heavy (non-hydrogen) atoms. The zero-order chi connectivity index (χ0) is 36.9. The van der Waals surface area contributed by atoms with Crippen LogP contribution in [0.4, 0.5) is 26.3 Å². The Morgan fingerprint density at radius 2 is 1.67 bits per heavy atom. The molecule has 0 fully saturated rings. The minimum absolute atomic E-state index is 0. The lowest BCUT2D eigenvalue weighted by molar-refractivity contribution is -0.689. The standard InChI is InChI=1S/C35H33F6N6O4.BrH/c1-22-12-26(13-23(2)32(22)51-24(3)48)15-45-20-43-47(21-45)17-34(49,29-10-7-27(36)14-30(29)37)16-46-19-42-31(44-46)11-6-25-4-8-28(9-5-25)50-18-35(40,41)33(38)39;/h4-14,19-21,33,49H,15-18H2,1-3H3;1H/q+1;/p-1/t34-;/m1./s1. The molecule has 2 aromatic heterocycles. The van der Waals surface area contributed by atoms with Gasteiger partial charge < -0.3 is 31.6 Å². The van der Waals surface area contributed by atoms with Gasteiger partial charge in [0.2, 0.25) is 6.33 Å². The molecule has 10 nitrogen and oxygen atoms in total. The Labute approximate surface area is 304 Å². The molecule has 0 bridgehead atoms. The summed E-state index contributed by atoms with van der Waals surface area (Å²) >= 11 is 0. The van der Waals surface area contributed by atoms with Crippen molar-refractivity contribution in [2.45, 2.75) is 58.4 Å². The van der Waals surface area contributed by atoms with Gasteiger partial charge in [-0.05, 0) is 72.5 Å². The maximum atomic E-state index is 15.1. The van der Waals surface area contributed by atoms with Crippen molar-refractivity contribution in [3.8, 4) is 11.5 Å². The molecule has 0 unspecified atom stereocenters. The molecule has 0 radical (unpaired) electrons. The maximum absolute atomic E-state index is 15.1. The van der Waals surface area contributed by atoms with Crippen molar-refractivity contribution in [1.29, 1.82) is 0 Å². The van der Waals surface area contributed by atoms with Gasteiger partial charge in [-0.1, -0.05) is 24.3 Å². The Morgan fingerprint density at radius 1 is 1.00 bits per heavy atom. The van der Waals surface area contributed by atoms with Gasteiger partial charge in [0.05, 0.1) is 13.1 Å². The second kappa shape index (κ2) is 16.5. The van der Waals surface area contributed by atoms with Crippen molar-refractivity contribution in [3.63, 3.8) is 0 Å². The number of aryl methyl sites for hydroxylation is 2. The topological polar surface area (TPSA) is 108 Å². The number of esters is 1. The quantitative estimate of drug-likeness (QED) is 0.0798. The van der Waals surface area contributed by atoms with Gasteiger partial charge in [0, 0.05) is 23.7 Å². The zero-order valence-electron chi connectivity index (χ0n) is 28.0. The van der Waals surface area contributed by atoms with Crippen LogP contribution in [-0.4, -0.2) is 54.6 Å². The lowest BCUT2D eigenvalue weighted by Gasteiger charge is -2.26. The third-order valence-electron chi connectivity index (χ3n) is 7.65. The maximum Gasteiger partial charge on any atom is 0.340 e. The lowest BCUT2D eigenvalue weighted by Crippen LogP contribution is -3.00. The molecule has 17 heteroatoms. The van der Waals surface area contributed by atoms with Crippen LogP contribution in [0.2, 0.25) is 0 Å². The Hall–Kier alpha value is -5.03. The number of rotatable bonds is 14. The van der Waals surface area contributed by atoms with Crippen LogP contribution in [0.1, 0.15) is 40.6 Å². The van der Waals surface area contributed by atoms with Crippen LogP contribution in [0, 0.1) is 25.5 Å². The number of hydrogen-bond acceptors (Lipinski definition) is 7. The van der Waals surface area contributed by atoms with Gasteiger partial charge in [0.15, 0.2) is 12.4 Å². The van der Waals surface area contributed by atoms with Gasteiger partial charge in [-0.25, -0.2) is 31.8 Å². The van der Waals surface area contributed by atoms with Gasteiger partial charge in [0.25, 0.3) is 6.33 Å². The fourth-order valence-corrected chi connectivity index (χ4v) is 5.35. The molecule has 5 aromatic rings. The number of aromatic nitrogens is 6.